The van der Waals surface area contributed by atoms with Gasteiger partial charge in [-0.1, -0.05) is 13.3 Å². The zero-order valence-corrected chi connectivity index (χ0v) is 12.0. The van der Waals surface area contributed by atoms with Crippen LogP contribution in [0.4, 0.5) is 0 Å². The zero-order valence-electron chi connectivity index (χ0n) is 11.1. The summed E-state index contributed by atoms with van der Waals surface area (Å²) in [5.41, 5.74) is 1.42. The summed E-state index contributed by atoms with van der Waals surface area (Å²) in [6, 6.07) is 1.22. The normalized spacial score (nSPS) is 32.2. The molecule has 3 rings (SSSR count). The van der Waals surface area contributed by atoms with Gasteiger partial charge in [-0.25, -0.2) is 4.98 Å². The molecular formula is C14H23N3S. The van der Waals surface area contributed by atoms with Gasteiger partial charge in [0.05, 0.1) is 12.0 Å². The molecule has 18 heavy (non-hydrogen) atoms. The van der Waals surface area contributed by atoms with Crippen LogP contribution in [-0.2, 0) is 0 Å². The fraction of sp³-hybridized carbons (Fsp3) is 0.786. The van der Waals surface area contributed by atoms with Crippen molar-refractivity contribution < 1.29 is 0 Å². The predicted octanol–water partition coefficient (Wildman–Crippen LogP) is 3.15. The van der Waals surface area contributed by atoms with Gasteiger partial charge >= 0.3 is 0 Å². The minimum Gasteiger partial charge on any atom is -0.329 e. The lowest BCUT2D eigenvalue weighted by molar-refractivity contribution is 0.478. The highest BCUT2D eigenvalue weighted by molar-refractivity contribution is 7.99. The molecule has 0 bridgehead atoms. The van der Waals surface area contributed by atoms with Crippen molar-refractivity contribution in [1.82, 2.24) is 14.9 Å². The fourth-order valence-electron chi connectivity index (χ4n) is 3.43. The number of rotatable bonds is 4. The lowest BCUT2D eigenvalue weighted by Gasteiger charge is -2.24. The van der Waals surface area contributed by atoms with E-state index in [1.54, 1.807) is 0 Å². The maximum atomic E-state index is 4.42. The topological polar surface area (TPSA) is 29.9 Å². The molecule has 4 heteroatoms. The number of nitrogens with one attached hydrogen (secondary N) is 1. The lowest BCUT2D eigenvalue weighted by atomic mass is 10.1. The standard InChI is InChI=1S/C14H23N3S/c1-2-18-14-7-3-6-12(14)17-10-15-9-13(17)11-5-4-8-16-11/h9-12,14,16H,2-8H2,1H3/t11-,12?,14?/m0/s1. The molecule has 1 aromatic rings. The van der Waals surface area contributed by atoms with Gasteiger partial charge in [0.15, 0.2) is 0 Å². The van der Waals surface area contributed by atoms with Gasteiger partial charge in [-0.05, 0) is 38.0 Å². The average Bonchev–Trinajstić information content (AvgIpc) is 3.10. The third kappa shape index (κ3) is 2.32. The van der Waals surface area contributed by atoms with Crippen molar-refractivity contribution in [1.29, 1.82) is 0 Å². The number of thioether (sulfide) groups is 1. The maximum Gasteiger partial charge on any atom is 0.0951 e. The molecule has 100 valence electrons. The van der Waals surface area contributed by atoms with Crippen LogP contribution in [0, 0.1) is 0 Å². The Balaban J connectivity index is 1.80. The molecule has 1 aliphatic heterocycles. The summed E-state index contributed by atoms with van der Waals surface area (Å²) in [7, 11) is 0. The second-order valence-corrected chi connectivity index (χ2v) is 6.88. The monoisotopic (exact) mass is 265 g/mol. The van der Waals surface area contributed by atoms with E-state index in [9.17, 15) is 0 Å². The van der Waals surface area contributed by atoms with Crippen molar-refractivity contribution in [3.8, 4) is 0 Å². The quantitative estimate of drug-likeness (QED) is 0.907. The summed E-state index contributed by atoms with van der Waals surface area (Å²) in [5.74, 6) is 1.23. The summed E-state index contributed by atoms with van der Waals surface area (Å²) in [6.07, 6.45) is 10.8. The van der Waals surface area contributed by atoms with Crippen LogP contribution >= 0.6 is 11.8 Å². The van der Waals surface area contributed by atoms with Crippen LogP contribution in [0.2, 0.25) is 0 Å². The number of hydrogen-bond donors (Lipinski definition) is 1. The first kappa shape index (κ1) is 12.5. The molecule has 2 unspecified atom stereocenters. The van der Waals surface area contributed by atoms with E-state index in [1.807, 2.05) is 0 Å². The summed E-state index contributed by atoms with van der Waals surface area (Å²) < 4.78 is 2.48. The number of aromatic nitrogens is 2. The molecule has 2 heterocycles. The molecule has 1 saturated carbocycles. The molecule has 3 nitrogen and oxygen atoms in total. The van der Waals surface area contributed by atoms with Crippen LogP contribution in [0.15, 0.2) is 12.5 Å². The van der Waals surface area contributed by atoms with Gasteiger partial charge < -0.3 is 9.88 Å². The van der Waals surface area contributed by atoms with E-state index in [2.05, 4.69) is 46.1 Å². The third-order valence-electron chi connectivity index (χ3n) is 4.27. The van der Waals surface area contributed by atoms with Crippen LogP contribution in [0.25, 0.3) is 0 Å². The van der Waals surface area contributed by atoms with Gasteiger partial charge in [-0.2, -0.15) is 11.8 Å². The van der Waals surface area contributed by atoms with Gasteiger partial charge in [-0.3, -0.25) is 0 Å². The molecule has 1 aliphatic carbocycles. The molecule has 0 spiro atoms. The van der Waals surface area contributed by atoms with Crippen molar-refractivity contribution >= 4 is 11.8 Å². The Labute approximate surface area is 114 Å². The van der Waals surface area contributed by atoms with Crippen LogP contribution in [-0.4, -0.2) is 27.1 Å². The number of imidazole rings is 1. The van der Waals surface area contributed by atoms with Crippen LogP contribution < -0.4 is 5.32 Å². The van der Waals surface area contributed by atoms with E-state index in [0.717, 1.165) is 11.8 Å². The van der Waals surface area contributed by atoms with E-state index >= 15 is 0 Å². The Morgan fingerprint density at radius 3 is 3.11 bits per heavy atom. The Hall–Kier alpha value is -0.480. The summed E-state index contributed by atoms with van der Waals surface area (Å²) >= 11 is 2.13. The minimum absolute atomic E-state index is 0.542. The van der Waals surface area contributed by atoms with Crippen LogP contribution in [0.5, 0.6) is 0 Å². The Morgan fingerprint density at radius 1 is 1.39 bits per heavy atom. The number of hydrogen-bond acceptors (Lipinski definition) is 3. The van der Waals surface area contributed by atoms with Gasteiger partial charge in [0.25, 0.3) is 0 Å². The molecule has 2 aliphatic rings. The van der Waals surface area contributed by atoms with Crippen molar-refractivity contribution in [3.05, 3.63) is 18.2 Å². The van der Waals surface area contributed by atoms with Crippen molar-refractivity contribution in [2.24, 2.45) is 0 Å². The van der Waals surface area contributed by atoms with E-state index in [4.69, 9.17) is 0 Å². The summed E-state index contributed by atoms with van der Waals surface area (Å²) in [4.78, 5) is 4.42. The molecule has 0 amide bonds. The average molecular weight is 265 g/mol. The van der Waals surface area contributed by atoms with Crippen molar-refractivity contribution in [3.63, 3.8) is 0 Å². The third-order valence-corrected chi connectivity index (χ3v) is 5.58. The van der Waals surface area contributed by atoms with Crippen LogP contribution in [0.3, 0.4) is 0 Å². The molecule has 0 aromatic carbocycles. The molecule has 1 aromatic heterocycles. The Bertz CT molecular complexity index is 384. The molecule has 1 saturated heterocycles. The molecule has 1 N–H and O–H groups in total. The van der Waals surface area contributed by atoms with E-state index in [1.165, 1.54) is 43.6 Å². The van der Waals surface area contributed by atoms with Crippen molar-refractivity contribution in [2.75, 3.05) is 12.3 Å². The summed E-state index contributed by atoms with van der Waals surface area (Å²) in [5, 5.41) is 4.40. The molecule has 3 atom stereocenters. The SMILES string of the molecule is CCSC1CCCC1n1cncc1[C@@H]1CCCN1. The van der Waals surface area contributed by atoms with Gasteiger partial charge in [-0.15, -0.1) is 0 Å². The first-order chi connectivity index (χ1) is 8.90. The lowest BCUT2D eigenvalue weighted by Crippen LogP contribution is -2.22. The van der Waals surface area contributed by atoms with Crippen LogP contribution in [0.1, 0.15) is 56.8 Å². The smallest absolute Gasteiger partial charge is 0.0951 e. The van der Waals surface area contributed by atoms with Gasteiger partial charge in [0.2, 0.25) is 0 Å². The second-order valence-electron chi connectivity index (χ2n) is 5.37. The molecule has 0 radical (unpaired) electrons. The van der Waals surface area contributed by atoms with Gasteiger partial charge in [0.1, 0.15) is 0 Å². The highest BCUT2D eigenvalue weighted by Gasteiger charge is 2.31. The first-order valence-corrected chi connectivity index (χ1v) is 8.31. The zero-order chi connectivity index (χ0) is 12.4. The Kier molecular flexibility index (Phi) is 3.94. The fourth-order valence-corrected chi connectivity index (χ4v) is 4.68. The maximum absolute atomic E-state index is 4.42. The Morgan fingerprint density at radius 2 is 2.33 bits per heavy atom. The second kappa shape index (κ2) is 5.66. The molecule has 2 fully saturated rings. The van der Waals surface area contributed by atoms with Gasteiger partial charge in [0, 0.05) is 23.5 Å². The van der Waals surface area contributed by atoms with E-state index < -0.39 is 0 Å². The highest BCUT2D eigenvalue weighted by Crippen LogP contribution is 2.40. The van der Waals surface area contributed by atoms with Crippen molar-refractivity contribution in [2.45, 2.75) is 56.4 Å². The highest BCUT2D eigenvalue weighted by atomic mass is 32.2. The predicted molar refractivity (Wildman–Crippen MR) is 77.0 cm³/mol. The summed E-state index contributed by atoms with van der Waals surface area (Å²) in [6.45, 7) is 3.43. The largest absolute Gasteiger partial charge is 0.329 e. The molecular weight excluding hydrogens is 242 g/mol. The van der Waals surface area contributed by atoms with E-state index in [0.29, 0.717) is 12.1 Å². The van der Waals surface area contributed by atoms with E-state index in [-0.39, 0.29) is 0 Å². The first-order valence-electron chi connectivity index (χ1n) is 7.27. The number of nitrogens with zero attached hydrogens (tertiary/aromatic N) is 2. The minimum atomic E-state index is 0.542.